The molecule has 0 aromatic carbocycles. The van der Waals surface area contributed by atoms with Gasteiger partial charge in [0.15, 0.2) is 0 Å². The third-order valence-corrected chi connectivity index (χ3v) is 2.53. The topological polar surface area (TPSA) is 17.1 Å². The molecule has 0 amide bonds. The van der Waals surface area contributed by atoms with Gasteiger partial charge in [-0.25, -0.2) is 0 Å². The first kappa shape index (κ1) is 20.2. The number of carbonyl (C=O) groups excluding carboxylic acids is 1. The van der Waals surface area contributed by atoms with Crippen LogP contribution in [-0.4, -0.2) is 35.1 Å². The van der Waals surface area contributed by atoms with E-state index in [4.69, 9.17) is 0 Å². The van der Waals surface area contributed by atoms with Crippen LogP contribution in [0.15, 0.2) is 0 Å². The van der Waals surface area contributed by atoms with Crippen LogP contribution >= 0.6 is 11.6 Å². The summed E-state index contributed by atoms with van der Waals surface area (Å²) in [5, 5.41) is -2.55. The lowest BCUT2D eigenvalue weighted by Gasteiger charge is -2.34. The zero-order valence-corrected chi connectivity index (χ0v) is 10.1. The highest BCUT2D eigenvalue weighted by atomic mass is 35.5. The lowest BCUT2D eigenvalue weighted by molar-refractivity contribution is -0.397. The van der Waals surface area contributed by atoms with E-state index in [1.807, 2.05) is 0 Å². The lowest BCUT2D eigenvalue weighted by atomic mass is 9.98. The standard InChI is InChI=1S/C8H4ClF11O/c9-3(21)4(10,11)1-2-5(12,13)6(14,15)7(16,17)8(18,19)20/h1-2H2. The first-order valence-corrected chi connectivity index (χ1v) is 5.06. The highest BCUT2D eigenvalue weighted by Crippen LogP contribution is 2.54. The quantitative estimate of drug-likeness (QED) is 0.498. The molecule has 0 aliphatic heterocycles. The maximum absolute atomic E-state index is 12.8. The average molecular weight is 361 g/mol. The summed E-state index contributed by atoms with van der Waals surface area (Å²) in [6.45, 7) is 0. The molecule has 0 aromatic rings. The number of hydrogen-bond acceptors (Lipinski definition) is 1. The monoisotopic (exact) mass is 360 g/mol. The first-order valence-electron chi connectivity index (χ1n) is 4.68. The summed E-state index contributed by atoms with van der Waals surface area (Å²) in [7, 11) is 0. The van der Waals surface area contributed by atoms with Gasteiger partial charge in [0.25, 0.3) is 5.24 Å². The minimum Gasteiger partial charge on any atom is -0.274 e. The van der Waals surface area contributed by atoms with Crippen molar-refractivity contribution in [2.45, 2.75) is 42.7 Å². The van der Waals surface area contributed by atoms with Gasteiger partial charge in [-0.15, -0.1) is 0 Å². The summed E-state index contributed by atoms with van der Waals surface area (Å²) >= 11 is 4.23. The van der Waals surface area contributed by atoms with Crippen molar-refractivity contribution in [2.75, 3.05) is 0 Å². The highest BCUT2D eigenvalue weighted by molar-refractivity contribution is 6.65. The van der Waals surface area contributed by atoms with Crippen LogP contribution in [-0.2, 0) is 4.79 Å². The molecule has 0 aliphatic rings. The van der Waals surface area contributed by atoms with Crippen LogP contribution < -0.4 is 0 Å². The number of alkyl halides is 11. The molecule has 0 saturated carbocycles. The average Bonchev–Trinajstić information content (AvgIpc) is 2.24. The summed E-state index contributed by atoms with van der Waals surface area (Å²) in [4.78, 5) is 10.0. The SMILES string of the molecule is O=C(Cl)C(F)(F)CCC(F)(F)C(F)(F)C(F)(F)C(F)(F)F. The van der Waals surface area contributed by atoms with Crippen molar-refractivity contribution in [1.29, 1.82) is 0 Å². The molecule has 0 bridgehead atoms. The minimum atomic E-state index is -7.16. The Morgan fingerprint density at radius 3 is 1.38 bits per heavy atom. The fraction of sp³-hybridized carbons (Fsp3) is 0.875. The van der Waals surface area contributed by atoms with Gasteiger partial charge in [-0.05, 0) is 11.6 Å². The summed E-state index contributed by atoms with van der Waals surface area (Å²) < 4.78 is 136. The minimum absolute atomic E-state index is 2.44. The van der Waals surface area contributed by atoms with Gasteiger partial charge in [0.2, 0.25) is 0 Å². The van der Waals surface area contributed by atoms with Gasteiger partial charge >= 0.3 is 29.9 Å². The van der Waals surface area contributed by atoms with Crippen LogP contribution in [0.3, 0.4) is 0 Å². The normalized spacial score (nSPS) is 15.2. The molecule has 0 spiro atoms. The van der Waals surface area contributed by atoms with Crippen molar-refractivity contribution < 1.29 is 53.1 Å². The van der Waals surface area contributed by atoms with Crippen molar-refractivity contribution in [3.63, 3.8) is 0 Å². The van der Waals surface area contributed by atoms with Crippen LogP contribution in [0.2, 0.25) is 0 Å². The molecule has 0 unspecified atom stereocenters. The summed E-state index contributed by atoms with van der Waals surface area (Å²) in [5.74, 6) is -25.1. The Bertz CT molecular complexity index is 400. The Morgan fingerprint density at radius 2 is 1.10 bits per heavy atom. The van der Waals surface area contributed by atoms with Gasteiger partial charge in [-0.3, -0.25) is 4.79 Å². The molecule has 0 aliphatic carbocycles. The van der Waals surface area contributed by atoms with Crippen LogP contribution in [0.5, 0.6) is 0 Å². The second kappa shape index (κ2) is 5.43. The molecule has 0 fully saturated rings. The van der Waals surface area contributed by atoms with Crippen molar-refractivity contribution >= 4 is 16.8 Å². The summed E-state index contributed by atoms with van der Waals surface area (Å²) in [6.07, 6.45) is -12.3. The second-order valence-corrected chi connectivity index (χ2v) is 4.17. The van der Waals surface area contributed by atoms with Crippen LogP contribution in [0.1, 0.15) is 12.8 Å². The van der Waals surface area contributed by atoms with Crippen molar-refractivity contribution in [2.24, 2.45) is 0 Å². The maximum atomic E-state index is 12.8. The van der Waals surface area contributed by atoms with Crippen molar-refractivity contribution in [3.05, 3.63) is 0 Å². The van der Waals surface area contributed by atoms with E-state index in [0.29, 0.717) is 0 Å². The van der Waals surface area contributed by atoms with E-state index in [1.165, 1.54) is 0 Å². The summed E-state index contributed by atoms with van der Waals surface area (Å²) in [6, 6.07) is 0. The molecule has 0 saturated heterocycles. The third-order valence-electron chi connectivity index (χ3n) is 2.25. The molecule has 0 heterocycles. The lowest BCUT2D eigenvalue weighted by Crippen LogP contribution is -2.61. The smallest absolute Gasteiger partial charge is 0.274 e. The Balaban J connectivity index is 5.36. The van der Waals surface area contributed by atoms with E-state index < -0.39 is 48.0 Å². The van der Waals surface area contributed by atoms with E-state index in [-0.39, 0.29) is 0 Å². The van der Waals surface area contributed by atoms with Crippen molar-refractivity contribution in [1.82, 2.24) is 0 Å². The molecule has 0 rings (SSSR count). The fourth-order valence-corrected chi connectivity index (χ4v) is 1.07. The van der Waals surface area contributed by atoms with E-state index in [9.17, 15) is 53.1 Å². The first-order chi connectivity index (χ1) is 8.90. The third kappa shape index (κ3) is 3.69. The van der Waals surface area contributed by atoms with Crippen LogP contribution in [0.25, 0.3) is 0 Å². The molecular formula is C8H4ClF11O. The molecular weight excluding hydrogens is 357 g/mol. The Morgan fingerprint density at radius 1 is 0.714 bits per heavy atom. The van der Waals surface area contributed by atoms with Gasteiger partial charge in [-0.2, -0.15) is 48.3 Å². The van der Waals surface area contributed by atoms with E-state index in [1.54, 1.807) is 0 Å². The molecule has 0 aromatic heterocycles. The van der Waals surface area contributed by atoms with Crippen LogP contribution in [0, 0.1) is 0 Å². The molecule has 21 heavy (non-hydrogen) atoms. The van der Waals surface area contributed by atoms with Gasteiger partial charge in [-0.1, -0.05) is 0 Å². The number of carbonyl (C=O) groups is 1. The Hall–Kier alpha value is -0.810. The molecule has 0 radical (unpaired) electrons. The zero-order chi connectivity index (χ0) is 17.5. The predicted octanol–water partition coefficient (Wildman–Crippen LogP) is 4.64. The number of halogens is 12. The highest BCUT2D eigenvalue weighted by Gasteiger charge is 2.81. The van der Waals surface area contributed by atoms with E-state index in [2.05, 4.69) is 11.6 Å². The fourth-order valence-electron chi connectivity index (χ4n) is 0.977. The molecule has 1 nitrogen and oxygen atoms in total. The molecule has 0 N–H and O–H groups in total. The Kier molecular flexibility index (Phi) is 5.22. The zero-order valence-electron chi connectivity index (χ0n) is 9.36. The summed E-state index contributed by atoms with van der Waals surface area (Å²) in [5.41, 5.74) is 0. The van der Waals surface area contributed by atoms with Gasteiger partial charge < -0.3 is 0 Å². The van der Waals surface area contributed by atoms with Crippen LogP contribution in [0.4, 0.5) is 48.3 Å². The maximum Gasteiger partial charge on any atom is 0.460 e. The second-order valence-electron chi connectivity index (χ2n) is 3.83. The van der Waals surface area contributed by atoms with Crippen molar-refractivity contribution in [3.8, 4) is 0 Å². The Labute approximate surface area is 114 Å². The van der Waals surface area contributed by atoms with Gasteiger partial charge in [0, 0.05) is 12.8 Å². The molecule has 0 atom stereocenters. The largest absolute Gasteiger partial charge is 0.460 e. The molecule has 126 valence electrons. The predicted molar refractivity (Wildman–Crippen MR) is 45.9 cm³/mol. The van der Waals surface area contributed by atoms with E-state index >= 15 is 0 Å². The van der Waals surface area contributed by atoms with Gasteiger partial charge in [0.05, 0.1) is 0 Å². The number of rotatable bonds is 6. The number of hydrogen-bond donors (Lipinski definition) is 0. The van der Waals surface area contributed by atoms with E-state index in [0.717, 1.165) is 0 Å². The molecule has 13 heteroatoms. The van der Waals surface area contributed by atoms with Gasteiger partial charge in [0.1, 0.15) is 0 Å².